The minimum Gasteiger partial charge on any atom is -0.342 e. The molecule has 2 fully saturated rings. The van der Waals surface area contributed by atoms with Crippen molar-refractivity contribution >= 4 is 17.7 Å². The molecule has 1 N–H and O–H groups in total. The number of carbonyl (C=O) groups is 3. The van der Waals surface area contributed by atoms with E-state index in [1.807, 2.05) is 6.07 Å². The van der Waals surface area contributed by atoms with Crippen LogP contribution in [-0.4, -0.2) is 35.7 Å². The van der Waals surface area contributed by atoms with Gasteiger partial charge in [-0.3, -0.25) is 19.3 Å². The lowest BCUT2D eigenvalue weighted by Gasteiger charge is -2.12. The van der Waals surface area contributed by atoms with Crippen LogP contribution < -0.4 is 5.32 Å². The summed E-state index contributed by atoms with van der Waals surface area (Å²) in [6, 6.07) is 1.15. The number of nitriles is 1. The highest BCUT2D eigenvalue weighted by Gasteiger charge is 2.52. The van der Waals surface area contributed by atoms with Crippen LogP contribution in [0.15, 0.2) is 0 Å². The molecule has 0 radical (unpaired) electrons. The molecule has 0 aromatic carbocycles. The van der Waals surface area contributed by atoms with E-state index in [9.17, 15) is 14.4 Å². The number of likely N-dealkylation sites (N-methyl/N-ethyl adjacent to an activating group) is 1. The molecule has 1 heterocycles. The number of likely N-dealkylation sites (tertiary alicyclic amines) is 1. The highest BCUT2D eigenvalue weighted by molar-refractivity contribution is 6.07. The first kappa shape index (κ1) is 10.6. The van der Waals surface area contributed by atoms with E-state index >= 15 is 0 Å². The summed E-state index contributed by atoms with van der Waals surface area (Å²) < 4.78 is 0. The van der Waals surface area contributed by atoms with Crippen molar-refractivity contribution in [3.05, 3.63) is 0 Å². The second-order valence-electron chi connectivity index (χ2n) is 4.22. The SMILES string of the molecule is CN1C(=O)CC(NC(=O)C2(C#N)CC2)C1=O. The number of hydrogen-bond donors (Lipinski definition) is 1. The van der Waals surface area contributed by atoms with Gasteiger partial charge >= 0.3 is 0 Å². The standard InChI is InChI=1S/C10H11N3O3/c1-13-7(14)4-6(8(13)15)12-9(16)10(5-11)2-3-10/h6H,2-4H2,1H3,(H,12,16). The predicted octanol–water partition coefficient (Wildman–Crippen LogP) is -0.836. The molecule has 1 saturated heterocycles. The van der Waals surface area contributed by atoms with E-state index in [2.05, 4.69) is 5.32 Å². The maximum Gasteiger partial charge on any atom is 0.252 e. The quantitative estimate of drug-likeness (QED) is 0.616. The number of rotatable bonds is 2. The molecule has 6 heteroatoms. The Hall–Kier alpha value is -1.90. The first-order chi connectivity index (χ1) is 7.50. The van der Waals surface area contributed by atoms with Crippen LogP contribution in [0.1, 0.15) is 19.3 Å². The minimum atomic E-state index is -0.954. The fourth-order valence-electron chi connectivity index (χ4n) is 1.68. The van der Waals surface area contributed by atoms with Crippen LogP contribution in [0.3, 0.4) is 0 Å². The Bertz CT molecular complexity index is 420. The van der Waals surface area contributed by atoms with Gasteiger partial charge in [0.1, 0.15) is 11.5 Å². The molecule has 0 bridgehead atoms. The normalized spacial score (nSPS) is 26.5. The second kappa shape index (κ2) is 3.30. The summed E-state index contributed by atoms with van der Waals surface area (Å²) in [7, 11) is 1.38. The van der Waals surface area contributed by atoms with Crippen molar-refractivity contribution in [1.29, 1.82) is 5.26 Å². The van der Waals surface area contributed by atoms with E-state index in [0.717, 1.165) is 4.90 Å². The Morgan fingerprint density at radius 1 is 1.56 bits per heavy atom. The maximum absolute atomic E-state index is 11.7. The zero-order valence-corrected chi connectivity index (χ0v) is 8.82. The molecule has 3 amide bonds. The van der Waals surface area contributed by atoms with E-state index in [1.165, 1.54) is 7.05 Å². The van der Waals surface area contributed by atoms with Gasteiger partial charge in [-0.15, -0.1) is 0 Å². The van der Waals surface area contributed by atoms with E-state index in [4.69, 9.17) is 5.26 Å². The van der Waals surface area contributed by atoms with Gasteiger partial charge in [-0.25, -0.2) is 0 Å². The molecular weight excluding hydrogens is 210 g/mol. The molecule has 0 aromatic rings. The molecule has 1 atom stereocenters. The summed E-state index contributed by atoms with van der Waals surface area (Å²) in [5, 5.41) is 11.3. The lowest BCUT2D eigenvalue weighted by Crippen LogP contribution is -2.43. The van der Waals surface area contributed by atoms with Gasteiger partial charge in [0.2, 0.25) is 11.8 Å². The fraction of sp³-hybridized carbons (Fsp3) is 0.600. The zero-order chi connectivity index (χ0) is 11.9. The third kappa shape index (κ3) is 1.45. The average Bonchev–Trinajstić information content (AvgIpc) is 3.02. The smallest absolute Gasteiger partial charge is 0.252 e. The van der Waals surface area contributed by atoms with Crippen molar-refractivity contribution in [1.82, 2.24) is 10.2 Å². The van der Waals surface area contributed by atoms with E-state index < -0.39 is 23.3 Å². The predicted molar refractivity (Wildman–Crippen MR) is 51.6 cm³/mol. The lowest BCUT2D eigenvalue weighted by atomic mass is 10.1. The minimum absolute atomic E-state index is 0.0113. The molecular formula is C10H11N3O3. The van der Waals surface area contributed by atoms with E-state index in [1.54, 1.807) is 0 Å². The summed E-state index contributed by atoms with van der Waals surface area (Å²) in [6.07, 6.45) is 1.04. The molecule has 84 valence electrons. The molecule has 0 aromatic heterocycles. The third-order valence-corrected chi connectivity index (χ3v) is 3.09. The monoisotopic (exact) mass is 221 g/mol. The van der Waals surface area contributed by atoms with Gasteiger partial charge < -0.3 is 5.32 Å². The van der Waals surface area contributed by atoms with Gasteiger partial charge in [0.15, 0.2) is 0 Å². The Morgan fingerprint density at radius 2 is 2.19 bits per heavy atom. The topological polar surface area (TPSA) is 90.3 Å². The Morgan fingerprint density at radius 3 is 2.56 bits per heavy atom. The number of hydrogen-bond acceptors (Lipinski definition) is 4. The third-order valence-electron chi connectivity index (χ3n) is 3.09. The summed E-state index contributed by atoms with van der Waals surface area (Å²) >= 11 is 0. The van der Waals surface area contributed by atoms with Crippen LogP contribution in [0.4, 0.5) is 0 Å². The fourth-order valence-corrected chi connectivity index (χ4v) is 1.68. The maximum atomic E-state index is 11.7. The van der Waals surface area contributed by atoms with Gasteiger partial charge in [0.25, 0.3) is 5.91 Å². The van der Waals surface area contributed by atoms with Crippen molar-refractivity contribution in [2.45, 2.75) is 25.3 Å². The molecule has 1 saturated carbocycles. The van der Waals surface area contributed by atoms with Gasteiger partial charge in [0.05, 0.1) is 12.5 Å². The van der Waals surface area contributed by atoms with Gasteiger partial charge in [-0.1, -0.05) is 0 Å². The molecule has 0 spiro atoms. The lowest BCUT2D eigenvalue weighted by molar-refractivity contribution is -0.138. The van der Waals surface area contributed by atoms with Crippen molar-refractivity contribution in [3.8, 4) is 6.07 Å². The first-order valence-electron chi connectivity index (χ1n) is 5.03. The van der Waals surface area contributed by atoms with Crippen LogP contribution in [0.2, 0.25) is 0 Å². The van der Waals surface area contributed by atoms with Crippen LogP contribution >= 0.6 is 0 Å². The van der Waals surface area contributed by atoms with Crippen LogP contribution in [0, 0.1) is 16.7 Å². The van der Waals surface area contributed by atoms with Gasteiger partial charge in [-0.2, -0.15) is 5.26 Å². The number of nitrogens with zero attached hydrogens (tertiary/aromatic N) is 2. The van der Waals surface area contributed by atoms with Crippen LogP contribution in [0.5, 0.6) is 0 Å². The van der Waals surface area contributed by atoms with Crippen molar-refractivity contribution in [2.24, 2.45) is 5.41 Å². The van der Waals surface area contributed by atoms with E-state index in [-0.39, 0.29) is 12.3 Å². The van der Waals surface area contributed by atoms with Crippen molar-refractivity contribution < 1.29 is 14.4 Å². The van der Waals surface area contributed by atoms with Crippen molar-refractivity contribution in [3.63, 3.8) is 0 Å². The molecule has 16 heavy (non-hydrogen) atoms. The molecule has 2 aliphatic rings. The highest BCUT2D eigenvalue weighted by Crippen LogP contribution is 2.45. The Labute approximate surface area is 92.2 Å². The second-order valence-corrected chi connectivity index (χ2v) is 4.22. The average molecular weight is 221 g/mol. The van der Waals surface area contributed by atoms with Gasteiger partial charge in [-0.05, 0) is 12.8 Å². The molecule has 1 aliphatic heterocycles. The first-order valence-corrected chi connectivity index (χ1v) is 5.03. The summed E-state index contributed by atoms with van der Waals surface area (Å²) in [5.74, 6) is -1.15. The number of carbonyl (C=O) groups excluding carboxylic acids is 3. The highest BCUT2D eigenvalue weighted by atomic mass is 16.2. The summed E-state index contributed by atoms with van der Waals surface area (Å²) in [4.78, 5) is 35.3. The number of imide groups is 1. The number of nitrogens with one attached hydrogen (secondary N) is 1. The molecule has 2 rings (SSSR count). The summed E-state index contributed by atoms with van der Waals surface area (Å²) in [5.41, 5.74) is -0.954. The van der Waals surface area contributed by atoms with Gasteiger partial charge in [0, 0.05) is 7.05 Å². The van der Waals surface area contributed by atoms with E-state index in [0.29, 0.717) is 12.8 Å². The Kier molecular flexibility index (Phi) is 2.19. The number of amides is 3. The molecule has 6 nitrogen and oxygen atoms in total. The molecule has 1 unspecified atom stereocenters. The zero-order valence-electron chi connectivity index (χ0n) is 8.82. The largest absolute Gasteiger partial charge is 0.342 e. The Balaban J connectivity index is 2.02. The van der Waals surface area contributed by atoms with Crippen molar-refractivity contribution in [2.75, 3.05) is 7.05 Å². The van der Waals surface area contributed by atoms with Crippen LogP contribution in [0.25, 0.3) is 0 Å². The summed E-state index contributed by atoms with van der Waals surface area (Å²) in [6.45, 7) is 0. The molecule has 1 aliphatic carbocycles. The van der Waals surface area contributed by atoms with Crippen LogP contribution in [-0.2, 0) is 14.4 Å².